The highest BCUT2D eigenvalue weighted by Crippen LogP contribution is 2.30. The molecular weight excluding hydrogens is 280 g/mol. The number of benzene rings is 1. The van der Waals surface area contributed by atoms with E-state index in [1.165, 1.54) is 0 Å². The van der Waals surface area contributed by atoms with Crippen LogP contribution in [0.2, 0.25) is 0 Å². The van der Waals surface area contributed by atoms with Gasteiger partial charge in [0.15, 0.2) is 17.6 Å². The summed E-state index contributed by atoms with van der Waals surface area (Å²) in [5, 5.41) is 0. The molecule has 0 bridgehead atoms. The molecule has 0 aromatic heterocycles. The van der Waals surface area contributed by atoms with Crippen LogP contribution in [0.5, 0.6) is 11.5 Å². The number of fused-ring (bicyclic) bond motifs is 1. The number of ether oxygens (including phenoxy) is 2. The lowest BCUT2D eigenvalue weighted by molar-refractivity contribution is -0.132. The molecule has 1 aliphatic heterocycles. The predicted octanol–water partition coefficient (Wildman–Crippen LogP) is 1.45. The van der Waals surface area contributed by atoms with Crippen molar-refractivity contribution < 1.29 is 14.3 Å². The highest BCUT2D eigenvalue weighted by molar-refractivity contribution is 5.85. The largest absolute Gasteiger partial charge is 0.486 e. The maximum Gasteiger partial charge on any atom is 0.223 e. The highest BCUT2D eigenvalue weighted by Gasteiger charge is 2.24. The first kappa shape index (κ1) is 16.6. The lowest BCUT2D eigenvalue weighted by atomic mass is 10.2. The summed E-state index contributed by atoms with van der Waals surface area (Å²) >= 11 is 0. The Labute approximate surface area is 125 Å². The third-order valence-corrected chi connectivity index (χ3v) is 3.08. The number of nitrogens with zero attached hydrogens (tertiary/aromatic N) is 1. The monoisotopic (exact) mass is 300 g/mol. The molecule has 0 spiro atoms. The van der Waals surface area contributed by atoms with Gasteiger partial charge in [-0.25, -0.2) is 0 Å². The van der Waals surface area contributed by atoms with Crippen molar-refractivity contribution in [2.24, 2.45) is 5.73 Å². The maximum atomic E-state index is 11.8. The van der Waals surface area contributed by atoms with Gasteiger partial charge in [-0.2, -0.15) is 0 Å². The summed E-state index contributed by atoms with van der Waals surface area (Å²) in [4.78, 5) is 13.6. The molecule has 1 aromatic rings. The number of hydrogen-bond donors (Lipinski definition) is 1. The Morgan fingerprint density at radius 1 is 1.40 bits per heavy atom. The van der Waals surface area contributed by atoms with Crippen molar-refractivity contribution in [3.05, 3.63) is 24.3 Å². The van der Waals surface area contributed by atoms with Crippen LogP contribution in [0.1, 0.15) is 13.3 Å². The van der Waals surface area contributed by atoms with Crippen molar-refractivity contribution in [2.75, 3.05) is 26.2 Å². The number of rotatable bonds is 5. The molecule has 1 amide bonds. The summed E-state index contributed by atoms with van der Waals surface area (Å²) in [5.74, 6) is 1.56. The molecule has 5 nitrogen and oxygen atoms in total. The van der Waals surface area contributed by atoms with E-state index in [0.717, 1.165) is 11.5 Å². The summed E-state index contributed by atoms with van der Waals surface area (Å²) in [7, 11) is 0. The van der Waals surface area contributed by atoms with Gasteiger partial charge in [-0.1, -0.05) is 12.1 Å². The van der Waals surface area contributed by atoms with Gasteiger partial charge in [0.1, 0.15) is 6.61 Å². The number of halogens is 1. The van der Waals surface area contributed by atoms with Crippen LogP contribution in [-0.2, 0) is 4.79 Å². The zero-order valence-electron chi connectivity index (χ0n) is 11.6. The molecule has 1 aromatic carbocycles. The van der Waals surface area contributed by atoms with E-state index in [4.69, 9.17) is 15.2 Å². The Morgan fingerprint density at radius 3 is 2.75 bits per heavy atom. The van der Waals surface area contributed by atoms with Crippen molar-refractivity contribution in [1.82, 2.24) is 4.90 Å². The second-order valence-corrected chi connectivity index (χ2v) is 4.47. The van der Waals surface area contributed by atoms with E-state index in [1.807, 2.05) is 31.2 Å². The second kappa shape index (κ2) is 7.97. The number of likely N-dealkylation sites (N-methyl/N-ethyl adjacent to an activating group) is 1. The minimum absolute atomic E-state index is 0. The minimum atomic E-state index is -0.128. The van der Waals surface area contributed by atoms with Gasteiger partial charge in [0.05, 0.1) is 6.54 Å². The fourth-order valence-corrected chi connectivity index (χ4v) is 2.09. The van der Waals surface area contributed by atoms with Crippen molar-refractivity contribution >= 4 is 18.3 Å². The van der Waals surface area contributed by atoms with Crippen LogP contribution in [-0.4, -0.2) is 43.2 Å². The zero-order valence-corrected chi connectivity index (χ0v) is 12.4. The molecule has 0 fully saturated rings. The first-order chi connectivity index (χ1) is 9.24. The van der Waals surface area contributed by atoms with Gasteiger partial charge >= 0.3 is 0 Å². The summed E-state index contributed by atoms with van der Waals surface area (Å²) in [6.45, 7) is 3.97. The summed E-state index contributed by atoms with van der Waals surface area (Å²) in [6, 6.07) is 7.57. The van der Waals surface area contributed by atoms with E-state index in [0.29, 0.717) is 32.7 Å². The Bertz CT molecular complexity index is 442. The highest BCUT2D eigenvalue weighted by atomic mass is 35.5. The molecule has 2 N–H and O–H groups in total. The Balaban J connectivity index is 0.00000200. The molecule has 20 heavy (non-hydrogen) atoms. The van der Waals surface area contributed by atoms with Crippen LogP contribution < -0.4 is 15.2 Å². The minimum Gasteiger partial charge on any atom is -0.486 e. The number of hydrogen-bond acceptors (Lipinski definition) is 4. The van der Waals surface area contributed by atoms with Crippen LogP contribution in [0.3, 0.4) is 0 Å². The maximum absolute atomic E-state index is 11.8. The number of nitrogens with two attached hydrogens (primary N) is 1. The summed E-state index contributed by atoms with van der Waals surface area (Å²) in [5.41, 5.74) is 5.41. The third kappa shape index (κ3) is 4.02. The molecule has 0 radical (unpaired) electrons. The van der Waals surface area contributed by atoms with E-state index >= 15 is 0 Å². The summed E-state index contributed by atoms with van der Waals surface area (Å²) < 4.78 is 11.5. The topological polar surface area (TPSA) is 64.8 Å². The van der Waals surface area contributed by atoms with Crippen LogP contribution in [0.25, 0.3) is 0 Å². The quantitative estimate of drug-likeness (QED) is 0.894. The Hall–Kier alpha value is -1.46. The molecule has 6 heteroatoms. The van der Waals surface area contributed by atoms with Gasteiger partial charge < -0.3 is 20.1 Å². The van der Waals surface area contributed by atoms with Crippen LogP contribution >= 0.6 is 12.4 Å². The van der Waals surface area contributed by atoms with Crippen molar-refractivity contribution in [3.8, 4) is 11.5 Å². The van der Waals surface area contributed by atoms with Gasteiger partial charge in [0, 0.05) is 19.5 Å². The molecule has 1 unspecified atom stereocenters. The predicted molar refractivity (Wildman–Crippen MR) is 79.5 cm³/mol. The molecular formula is C14H21ClN2O3. The molecule has 2 rings (SSSR count). The normalized spacial score (nSPS) is 16.2. The third-order valence-electron chi connectivity index (χ3n) is 3.08. The van der Waals surface area contributed by atoms with Crippen LogP contribution in [0.4, 0.5) is 0 Å². The number of carbonyl (C=O) groups is 1. The van der Waals surface area contributed by atoms with E-state index in [9.17, 15) is 4.79 Å². The van der Waals surface area contributed by atoms with Crippen molar-refractivity contribution in [2.45, 2.75) is 19.4 Å². The molecule has 0 aliphatic carbocycles. The zero-order chi connectivity index (χ0) is 13.7. The van der Waals surface area contributed by atoms with Crippen molar-refractivity contribution in [1.29, 1.82) is 0 Å². The SMILES string of the molecule is CCN(CC1COc2ccccc2O1)C(=O)CCN.Cl. The molecule has 1 aliphatic rings. The first-order valence-corrected chi connectivity index (χ1v) is 6.61. The van der Waals surface area contributed by atoms with E-state index < -0.39 is 0 Å². The average Bonchev–Trinajstić information content (AvgIpc) is 2.44. The second-order valence-electron chi connectivity index (χ2n) is 4.47. The van der Waals surface area contributed by atoms with Gasteiger partial charge in [0.2, 0.25) is 5.91 Å². The fourth-order valence-electron chi connectivity index (χ4n) is 2.09. The van der Waals surface area contributed by atoms with Crippen LogP contribution in [0, 0.1) is 0 Å². The molecule has 0 saturated carbocycles. The average molecular weight is 301 g/mol. The first-order valence-electron chi connectivity index (χ1n) is 6.61. The standard InChI is InChI=1S/C14H20N2O3.ClH/c1-2-16(14(17)7-8-15)9-11-10-18-12-5-3-4-6-13(12)19-11;/h3-6,11H,2,7-10,15H2,1H3;1H. The number of carbonyl (C=O) groups excluding carboxylic acids is 1. The van der Waals surface area contributed by atoms with Gasteiger partial charge in [0.25, 0.3) is 0 Å². The number of para-hydroxylation sites is 2. The molecule has 1 heterocycles. The van der Waals surface area contributed by atoms with Gasteiger partial charge in [-0.3, -0.25) is 4.79 Å². The lowest BCUT2D eigenvalue weighted by Crippen LogP contribution is -2.44. The lowest BCUT2D eigenvalue weighted by Gasteiger charge is -2.30. The Morgan fingerprint density at radius 2 is 2.10 bits per heavy atom. The van der Waals surface area contributed by atoms with Gasteiger partial charge in [-0.15, -0.1) is 12.4 Å². The summed E-state index contributed by atoms with van der Waals surface area (Å²) in [6.07, 6.45) is 0.245. The smallest absolute Gasteiger partial charge is 0.223 e. The fraction of sp³-hybridized carbons (Fsp3) is 0.500. The Kier molecular flexibility index (Phi) is 6.61. The van der Waals surface area contributed by atoms with E-state index in [2.05, 4.69) is 0 Å². The molecule has 0 saturated heterocycles. The van der Waals surface area contributed by atoms with E-state index in [1.54, 1.807) is 4.90 Å². The number of amides is 1. The van der Waals surface area contributed by atoms with E-state index in [-0.39, 0.29) is 24.4 Å². The van der Waals surface area contributed by atoms with Crippen LogP contribution in [0.15, 0.2) is 24.3 Å². The molecule has 112 valence electrons. The molecule has 1 atom stereocenters. The van der Waals surface area contributed by atoms with Gasteiger partial charge in [-0.05, 0) is 19.1 Å². The van der Waals surface area contributed by atoms with Crippen molar-refractivity contribution in [3.63, 3.8) is 0 Å².